The highest BCUT2D eigenvalue weighted by atomic mass is 16.3. The lowest BCUT2D eigenvalue weighted by molar-refractivity contribution is 0.669. The number of benzene rings is 12. The Morgan fingerprint density at radius 1 is 0.236 bits per heavy atom. The van der Waals surface area contributed by atoms with E-state index >= 15 is 0 Å². The van der Waals surface area contributed by atoms with E-state index in [0.717, 1.165) is 106 Å². The van der Waals surface area contributed by atoms with Crippen molar-refractivity contribution >= 4 is 99.5 Å². The van der Waals surface area contributed by atoms with Crippen LogP contribution >= 0.6 is 0 Å². The predicted molar refractivity (Wildman–Crippen MR) is 302 cm³/mol. The van der Waals surface area contributed by atoms with Crippen LogP contribution in [0.1, 0.15) is 0 Å². The van der Waals surface area contributed by atoms with Gasteiger partial charge >= 0.3 is 0 Å². The maximum absolute atomic E-state index is 6.92. The fourth-order valence-corrected chi connectivity index (χ4v) is 10.8. The molecule has 0 aliphatic carbocycles. The Kier molecular flexibility index (Phi) is 9.82. The van der Waals surface area contributed by atoms with Crippen molar-refractivity contribution in [3.05, 3.63) is 267 Å². The van der Waals surface area contributed by atoms with Crippen LogP contribution in [0.25, 0.3) is 98.8 Å². The van der Waals surface area contributed by atoms with E-state index in [9.17, 15) is 0 Å². The minimum atomic E-state index is 0.836. The van der Waals surface area contributed by atoms with Gasteiger partial charge in [0.1, 0.15) is 11.2 Å². The molecule has 0 fully saturated rings. The Hall–Kier alpha value is -9.64. The van der Waals surface area contributed by atoms with E-state index in [1.165, 1.54) is 27.1 Å². The molecule has 338 valence electrons. The van der Waals surface area contributed by atoms with E-state index in [2.05, 4.69) is 265 Å². The van der Waals surface area contributed by atoms with Crippen molar-refractivity contribution in [2.75, 3.05) is 9.80 Å². The molecule has 4 nitrogen and oxygen atoms in total. The van der Waals surface area contributed by atoms with E-state index in [1.807, 2.05) is 12.1 Å². The Morgan fingerprint density at radius 2 is 0.694 bits per heavy atom. The van der Waals surface area contributed by atoms with Crippen LogP contribution in [0, 0.1) is 0 Å². The molecule has 0 unspecified atom stereocenters. The van der Waals surface area contributed by atoms with Crippen molar-refractivity contribution in [2.24, 2.45) is 0 Å². The van der Waals surface area contributed by atoms with Crippen molar-refractivity contribution in [1.29, 1.82) is 0 Å². The van der Waals surface area contributed by atoms with E-state index in [-0.39, 0.29) is 0 Å². The summed E-state index contributed by atoms with van der Waals surface area (Å²) in [5.74, 6) is 0. The van der Waals surface area contributed by atoms with Gasteiger partial charge in [-0.15, -0.1) is 0 Å². The number of hydrogen-bond donors (Lipinski definition) is 0. The molecule has 0 spiro atoms. The molecule has 0 aliphatic rings. The average molecular weight is 921 g/mol. The van der Waals surface area contributed by atoms with E-state index in [0.29, 0.717) is 0 Å². The molecule has 14 aromatic rings. The maximum Gasteiger partial charge on any atom is 0.159 e. The molecule has 0 bridgehead atoms. The molecule has 14 rings (SSSR count). The second-order valence-corrected chi connectivity index (χ2v) is 18.5. The number of para-hydroxylation sites is 3. The van der Waals surface area contributed by atoms with Gasteiger partial charge in [-0.2, -0.15) is 0 Å². The van der Waals surface area contributed by atoms with E-state index in [4.69, 9.17) is 8.83 Å². The monoisotopic (exact) mass is 920 g/mol. The summed E-state index contributed by atoms with van der Waals surface area (Å²) >= 11 is 0. The number of hydrogen-bond acceptors (Lipinski definition) is 4. The lowest BCUT2D eigenvalue weighted by Crippen LogP contribution is -2.11. The fourth-order valence-electron chi connectivity index (χ4n) is 10.8. The first-order valence-corrected chi connectivity index (χ1v) is 24.5. The van der Waals surface area contributed by atoms with Crippen molar-refractivity contribution in [1.82, 2.24) is 0 Å². The number of anilines is 6. The average Bonchev–Trinajstić information content (AvgIpc) is 4.04. The summed E-state index contributed by atoms with van der Waals surface area (Å²) in [6.07, 6.45) is 0. The summed E-state index contributed by atoms with van der Waals surface area (Å²) in [6.45, 7) is 0. The van der Waals surface area contributed by atoms with Gasteiger partial charge in [-0.05, 0) is 134 Å². The minimum absolute atomic E-state index is 0.836. The third-order valence-electron chi connectivity index (χ3n) is 14.2. The fraction of sp³-hybridized carbons (Fsp3) is 0. The molecule has 72 heavy (non-hydrogen) atoms. The largest absolute Gasteiger partial charge is 0.454 e. The zero-order valence-corrected chi connectivity index (χ0v) is 39.1. The number of fused-ring (bicyclic) bond motifs is 9. The van der Waals surface area contributed by atoms with Gasteiger partial charge in [-0.1, -0.05) is 188 Å². The second kappa shape index (κ2) is 17.1. The Labute approximate surface area is 416 Å². The van der Waals surface area contributed by atoms with Crippen LogP contribution in [0.15, 0.2) is 276 Å². The molecule has 4 heteroatoms. The van der Waals surface area contributed by atoms with Crippen LogP contribution in [0.2, 0.25) is 0 Å². The number of nitrogens with zero attached hydrogens (tertiary/aromatic N) is 2. The SMILES string of the molecule is c1ccc(-c2cccc(N(c3cccc(-c4cccc(N(c5ccc(-c6ccc7ccccc7c6)cc5)c5cccc6c5oc5ccc7ccccc7c56)c4)c3)c3cccc4c3oc3ccccc34)c2)cc1. The summed E-state index contributed by atoms with van der Waals surface area (Å²) in [7, 11) is 0. The maximum atomic E-state index is 6.92. The molecule has 0 amide bonds. The Balaban J connectivity index is 0.922. The highest BCUT2D eigenvalue weighted by molar-refractivity contribution is 6.21. The predicted octanol–water partition coefficient (Wildman–Crippen LogP) is 19.7. The van der Waals surface area contributed by atoms with Gasteiger partial charge < -0.3 is 18.6 Å². The number of furan rings is 2. The molecular formula is C68H44N2O2. The van der Waals surface area contributed by atoms with Gasteiger partial charge in [0.05, 0.1) is 11.4 Å². The van der Waals surface area contributed by atoms with Gasteiger partial charge in [0.15, 0.2) is 11.2 Å². The van der Waals surface area contributed by atoms with E-state index in [1.54, 1.807) is 0 Å². The molecule has 2 heterocycles. The first kappa shape index (κ1) is 41.3. The van der Waals surface area contributed by atoms with Crippen molar-refractivity contribution in [3.63, 3.8) is 0 Å². The van der Waals surface area contributed by atoms with Gasteiger partial charge in [-0.3, -0.25) is 0 Å². The van der Waals surface area contributed by atoms with Gasteiger partial charge in [-0.25, -0.2) is 0 Å². The highest BCUT2D eigenvalue weighted by Gasteiger charge is 2.23. The molecule has 0 N–H and O–H groups in total. The first-order chi connectivity index (χ1) is 35.7. The van der Waals surface area contributed by atoms with Crippen LogP contribution in [-0.2, 0) is 0 Å². The molecule has 0 saturated carbocycles. The minimum Gasteiger partial charge on any atom is -0.454 e. The first-order valence-electron chi connectivity index (χ1n) is 24.5. The quantitative estimate of drug-likeness (QED) is 0.144. The van der Waals surface area contributed by atoms with Crippen LogP contribution in [0.4, 0.5) is 34.1 Å². The summed E-state index contributed by atoms with van der Waals surface area (Å²) in [4.78, 5) is 4.67. The van der Waals surface area contributed by atoms with Crippen molar-refractivity contribution < 1.29 is 8.83 Å². The van der Waals surface area contributed by atoms with Gasteiger partial charge in [0.25, 0.3) is 0 Å². The Morgan fingerprint density at radius 3 is 1.40 bits per heavy atom. The smallest absolute Gasteiger partial charge is 0.159 e. The third-order valence-corrected chi connectivity index (χ3v) is 14.2. The third kappa shape index (κ3) is 7.08. The van der Waals surface area contributed by atoms with E-state index < -0.39 is 0 Å². The topological polar surface area (TPSA) is 32.8 Å². The summed E-state index contributed by atoms with van der Waals surface area (Å²) < 4.78 is 13.7. The van der Waals surface area contributed by atoms with Crippen LogP contribution in [-0.4, -0.2) is 0 Å². The Bertz CT molecular complexity index is 4360. The zero-order valence-electron chi connectivity index (χ0n) is 39.1. The molecular weight excluding hydrogens is 877 g/mol. The lowest BCUT2D eigenvalue weighted by atomic mass is 10.00. The lowest BCUT2D eigenvalue weighted by Gasteiger charge is -2.27. The van der Waals surface area contributed by atoms with Gasteiger partial charge in [0, 0.05) is 44.3 Å². The molecule has 2 aromatic heterocycles. The zero-order chi connectivity index (χ0) is 47.5. The normalized spacial score (nSPS) is 11.6. The second-order valence-electron chi connectivity index (χ2n) is 18.5. The van der Waals surface area contributed by atoms with Crippen LogP contribution in [0.3, 0.4) is 0 Å². The van der Waals surface area contributed by atoms with Gasteiger partial charge in [0.2, 0.25) is 0 Å². The number of rotatable bonds is 9. The molecule has 0 aliphatic heterocycles. The van der Waals surface area contributed by atoms with Crippen molar-refractivity contribution in [3.8, 4) is 33.4 Å². The summed E-state index contributed by atoms with van der Waals surface area (Å²) in [6, 6.07) is 95.3. The summed E-state index contributed by atoms with van der Waals surface area (Å²) in [5, 5.41) is 9.20. The van der Waals surface area contributed by atoms with Crippen LogP contribution in [0.5, 0.6) is 0 Å². The summed E-state index contributed by atoms with van der Waals surface area (Å²) in [5.41, 5.74) is 16.2. The molecule has 0 radical (unpaired) electrons. The highest BCUT2D eigenvalue weighted by Crippen LogP contribution is 2.47. The molecule has 0 saturated heterocycles. The van der Waals surface area contributed by atoms with Crippen molar-refractivity contribution in [2.45, 2.75) is 0 Å². The molecule has 0 atom stereocenters. The standard InChI is InChI=1S/C68H44N2O2/c1-2-15-45(16-3-1)50-20-10-24-56(42-50)70(62-30-13-28-60-59-27-8-9-32-64(59)71-67(60)62)57-25-12-22-52(44-57)51-21-11-23-55(43-51)69(54-38-35-47(36-39-54)53-34-33-46-17-4-5-19-49(46)41-53)63-31-14-29-61-66-58-26-7-6-18-48(58)37-40-65(66)72-68(61)63/h1-44H. The molecule has 12 aromatic carbocycles. The van der Waals surface area contributed by atoms with Crippen LogP contribution < -0.4 is 9.80 Å².